The van der Waals surface area contributed by atoms with Crippen molar-refractivity contribution in [2.45, 2.75) is 6.92 Å². The lowest BCUT2D eigenvalue weighted by molar-refractivity contribution is -0.117. The second kappa shape index (κ2) is 7.84. The second-order valence-electron chi connectivity index (χ2n) is 6.85. The minimum absolute atomic E-state index is 0.0429. The van der Waals surface area contributed by atoms with Gasteiger partial charge in [0.25, 0.3) is 11.5 Å². The Hall–Kier alpha value is -3.53. The largest absolute Gasteiger partial charge is 0.360 e. The molecule has 29 heavy (non-hydrogen) atoms. The van der Waals surface area contributed by atoms with Crippen LogP contribution in [0.1, 0.15) is 16.1 Å². The molecule has 0 unspecified atom stereocenters. The van der Waals surface area contributed by atoms with E-state index in [9.17, 15) is 14.4 Å². The van der Waals surface area contributed by atoms with Crippen molar-refractivity contribution in [1.29, 1.82) is 0 Å². The average molecular weight is 396 g/mol. The molecule has 10 nitrogen and oxygen atoms in total. The summed E-state index contributed by atoms with van der Waals surface area (Å²) < 4.78 is 6.28. The first-order valence-corrected chi connectivity index (χ1v) is 9.22. The molecule has 1 saturated heterocycles. The van der Waals surface area contributed by atoms with Crippen LogP contribution < -0.4 is 10.9 Å². The zero-order valence-electron chi connectivity index (χ0n) is 15.9. The molecule has 150 valence electrons. The van der Waals surface area contributed by atoms with Crippen LogP contribution in [0.15, 0.2) is 46.0 Å². The van der Waals surface area contributed by atoms with Crippen LogP contribution in [0.4, 0.5) is 5.82 Å². The molecule has 1 aliphatic heterocycles. The minimum atomic E-state index is -0.384. The molecule has 4 rings (SSSR count). The van der Waals surface area contributed by atoms with Gasteiger partial charge >= 0.3 is 0 Å². The van der Waals surface area contributed by atoms with Crippen molar-refractivity contribution in [2.24, 2.45) is 0 Å². The molecule has 0 spiro atoms. The zero-order valence-corrected chi connectivity index (χ0v) is 15.9. The Morgan fingerprint density at radius 2 is 2.00 bits per heavy atom. The number of amides is 2. The van der Waals surface area contributed by atoms with E-state index in [-0.39, 0.29) is 29.5 Å². The molecule has 10 heteroatoms. The lowest BCUT2D eigenvalue weighted by Gasteiger charge is -2.34. The quantitative estimate of drug-likeness (QED) is 0.679. The van der Waals surface area contributed by atoms with Gasteiger partial charge in [-0.05, 0) is 19.1 Å². The molecule has 4 heterocycles. The van der Waals surface area contributed by atoms with Crippen LogP contribution in [0.2, 0.25) is 0 Å². The van der Waals surface area contributed by atoms with Gasteiger partial charge in [0.05, 0.1) is 6.54 Å². The molecule has 0 aliphatic carbocycles. The van der Waals surface area contributed by atoms with Crippen LogP contribution in [0, 0.1) is 6.92 Å². The van der Waals surface area contributed by atoms with Crippen LogP contribution in [-0.2, 0) is 4.79 Å². The summed E-state index contributed by atoms with van der Waals surface area (Å²) in [5.41, 5.74) is 0.152. The predicted molar refractivity (Wildman–Crippen MR) is 104 cm³/mol. The van der Waals surface area contributed by atoms with Crippen LogP contribution in [0.5, 0.6) is 0 Å². The highest BCUT2D eigenvalue weighted by Crippen LogP contribution is 2.09. The number of rotatable bonds is 4. The Kier molecular flexibility index (Phi) is 5.09. The number of aryl methyl sites for hydroxylation is 1. The molecule has 0 radical (unpaired) electrons. The van der Waals surface area contributed by atoms with E-state index in [1.165, 1.54) is 10.6 Å². The lowest BCUT2D eigenvalue weighted by atomic mass is 10.2. The number of nitrogens with zero attached hydrogens (tertiary/aromatic N) is 5. The number of anilines is 1. The van der Waals surface area contributed by atoms with E-state index in [0.717, 1.165) is 0 Å². The van der Waals surface area contributed by atoms with Gasteiger partial charge in [0.15, 0.2) is 5.82 Å². The maximum absolute atomic E-state index is 12.8. The molecular formula is C19H20N6O4. The van der Waals surface area contributed by atoms with Crippen molar-refractivity contribution in [2.75, 3.05) is 38.0 Å². The number of carbonyl (C=O) groups is 2. The Balaban J connectivity index is 1.36. The summed E-state index contributed by atoms with van der Waals surface area (Å²) in [7, 11) is 0. The van der Waals surface area contributed by atoms with E-state index in [1.54, 1.807) is 42.3 Å². The van der Waals surface area contributed by atoms with Crippen molar-refractivity contribution < 1.29 is 14.1 Å². The molecule has 0 aromatic carbocycles. The van der Waals surface area contributed by atoms with Crippen LogP contribution >= 0.6 is 0 Å². The van der Waals surface area contributed by atoms with Gasteiger partial charge in [0.1, 0.15) is 17.0 Å². The first-order valence-electron chi connectivity index (χ1n) is 9.22. The number of piperazine rings is 1. The van der Waals surface area contributed by atoms with E-state index >= 15 is 0 Å². The molecule has 3 aromatic heterocycles. The molecule has 2 amide bonds. The summed E-state index contributed by atoms with van der Waals surface area (Å²) >= 11 is 0. The molecule has 1 aliphatic rings. The zero-order chi connectivity index (χ0) is 20.4. The Morgan fingerprint density at radius 1 is 1.21 bits per heavy atom. The van der Waals surface area contributed by atoms with E-state index < -0.39 is 0 Å². The van der Waals surface area contributed by atoms with Crippen LogP contribution in [-0.4, -0.2) is 68.9 Å². The van der Waals surface area contributed by atoms with Crippen molar-refractivity contribution in [1.82, 2.24) is 24.3 Å². The smallest absolute Gasteiger partial charge is 0.270 e. The highest BCUT2D eigenvalue weighted by Gasteiger charge is 2.25. The lowest BCUT2D eigenvalue weighted by Crippen LogP contribution is -2.51. The van der Waals surface area contributed by atoms with Gasteiger partial charge in [-0.2, -0.15) is 0 Å². The number of hydrogen-bond donors (Lipinski definition) is 1. The van der Waals surface area contributed by atoms with Crippen molar-refractivity contribution in [3.8, 4) is 0 Å². The number of pyridine rings is 1. The Bertz CT molecular complexity index is 1110. The van der Waals surface area contributed by atoms with E-state index in [0.29, 0.717) is 43.4 Å². The molecular weight excluding hydrogens is 376 g/mol. The first kappa shape index (κ1) is 18.8. The Morgan fingerprint density at radius 3 is 2.72 bits per heavy atom. The summed E-state index contributed by atoms with van der Waals surface area (Å²) in [5, 5.41) is 6.41. The van der Waals surface area contributed by atoms with Gasteiger partial charge in [-0.15, -0.1) is 0 Å². The van der Waals surface area contributed by atoms with Gasteiger partial charge in [0.2, 0.25) is 5.91 Å². The molecule has 1 N–H and O–H groups in total. The van der Waals surface area contributed by atoms with Gasteiger partial charge < -0.3 is 14.7 Å². The maximum Gasteiger partial charge on any atom is 0.270 e. The third-order valence-electron chi connectivity index (χ3n) is 4.77. The molecule has 3 aromatic rings. The molecule has 0 atom stereocenters. The van der Waals surface area contributed by atoms with Gasteiger partial charge in [-0.3, -0.25) is 23.7 Å². The van der Waals surface area contributed by atoms with E-state index in [2.05, 4.69) is 15.5 Å². The third kappa shape index (κ3) is 4.02. The molecule has 0 saturated carbocycles. The summed E-state index contributed by atoms with van der Waals surface area (Å²) in [6.07, 6.45) is 2.92. The van der Waals surface area contributed by atoms with Gasteiger partial charge in [-0.1, -0.05) is 11.2 Å². The number of aromatic nitrogens is 3. The molecule has 1 fully saturated rings. The summed E-state index contributed by atoms with van der Waals surface area (Å²) in [5.74, 6) is 0.454. The third-order valence-corrected chi connectivity index (χ3v) is 4.77. The topological polar surface area (TPSA) is 113 Å². The number of fused-ring (bicyclic) bond motifs is 1. The fraction of sp³-hybridized carbons (Fsp3) is 0.316. The van der Waals surface area contributed by atoms with Crippen LogP contribution in [0.25, 0.3) is 5.65 Å². The second-order valence-corrected chi connectivity index (χ2v) is 6.85. The number of nitrogens with one attached hydrogen (secondary N) is 1. The fourth-order valence-corrected chi connectivity index (χ4v) is 3.26. The van der Waals surface area contributed by atoms with Gasteiger partial charge in [-0.25, -0.2) is 4.98 Å². The minimum Gasteiger partial charge on any atom is -0.360 e. The number of carbonyl (C=O) groups excluding carboxylic acids is 2. The summed E-state index contributed by atoms with van der Waals surface area (Å²) in [6, 6.07) is 6.85. The van der Waals surface area contributed by atoms with E-state index in [1.807, 2.05) is 4.90 Å². The van der Waals surface area contributed by atoms with Crippen molar-refractivity contribution in [3.05, 3.63) is 58.3 Å². The maximum atomic E-state index is 12.8. The average Bonchev–Trinajstić information content (AvgIpc) is 3.13. The van der Waals surface area contributed by atoms with Gasteiger partial charge in [0, 0.05) is 44.6 Å². The normalized spacial score (nSPS) is 14.9. The molecule has 0 bridgehead atoms. The standard InChI is InChI=1S/C19H20N6O4/c1-13-10-15(22-29-13)21-17(26)12-23-6-8-24(9-7-23)18(27)14-11-20-16-4-2-3-5-25(16)19(14)28/h2-5,10-11H,6-9,12H2,1H3,(H,21,22,26). The fourth-order valence-electron chi connectivity index (χ4n) is 3.26. The SMILES string of the molecule is Cc1cc(NC(=O)CN2CCN(C(=O)c3cnc4ccccn4c3=O)CC2)no1. The number of hydrogen-bond acceptors (Lipinski definition) is 7. The first-order chi connectivity index (χ1) is 14.0. The van der Waals surface area contributed by atoms with Crippen molar-refractivity contribution >= 4 is 23.3 Å². The van der Waals surface area contributed by atoms with Crippen LogP contribution in [0.3, 0.4) is 0 Å². The predicted octanol–water partition coefficient (Wildman–Crippen LogP) is 0.387. The van der Waals surface area contributed by atoms with E-state index in [4.69, 9.17) is 4.52 Å². The monoisotopic (exact) mass is 396 g/mol. The Labute approximate surface area is 165 Å². The highest BCUT2D eigenvalue weighted by atomic mass is 16.5. The summed E-state index contributed by atoms with van der Waals surface area (Å²) in [4.78, 5) is 45.3. The highest BCUT2D eigenvalue weighted by molar-refractivity contribution is 5.94. The summed E-state index contributed by atoms with van der Waals surface area (Å²) in [6.45, 7) is 3.83. The van der Waals surface area contributed by atoms with Crippen molar-refractivity contribution in [3.63, 3.8) is 0 Å².